The Bertz CT molecular complexity index is 558. The number of benzene rings is 1. The highest BCUT2D eigenvalue weighted by Crippen LogP contribution is 2.38. The predicted molar refractivity (Wildman–Crippen MR) is 67.3 cm³/mol. The highest BCUT2D eigenvalue weighted by Gasteiger charge is 2.36. The molecular formula is C13H12BF7. The first kappa shape index (κ1) is 17.6. The Kier molecular flexibility index (Phi) is 5.12. The zero-order valence-electron chi connectivity index (χ0n) is 11.6. The van der Waals surface area contributed by atoms with E-state index >= 15 is 0 Å². The average molecular weight is 312 g/mol. The Balaban J connectivity index is 3.82. The largest absolute Gasteiger partial charge is 0.306 e. The van der Waals surface area contributed by atoms with E-state index in [9.17, 15) is 30.7 Å². The lowest BCUT2D eigenvalue weighted by molar-refractivity contribution is 0.388. The second-order valence-corrected chi connectivity index (χ2v) is 4.85. The second-order valence-electron chi connectivity index (χ2n) is 4.85. The number of halogens is 7. The molecule has 0 bridgehead atoms. The third-order valence-corrected chi connectivity index (χ3v) is 3.81. The fourth-order valence-corrected chi connectivity index (χ4v) is 2.05. The van der Waals surface area contributed by atoms with Crippen molar-refractivity contribution in [1.82, 2.24) is 0 Å². The van der Waals surface area contributed by atoms with Crippen LogP contribution in [0.2, 0.25) is 0 Å². The maximum absolute atomic E-state index is 14.0. The first-order chi connectivity index (χ1) is 9.62. The second kappa shape index (κ2) is 6.11. The molecule has 0 aromatic heterocycles. The van der Waals surface area contributed by atoms with Crippen LogP contribution < -0.4 is 0 Å². The molecular weight excluding hydrogens is 300 g/mol. The highest BCUT2D eigenvalue weighted by atomic mass is 19.3. The van der Waals surface area contributed by atoms with Gasteiger partial charge in [-0.05, 0) is 5.31 Å². The van der Waals surface area contributed by atoms with E-state index in [4.69, 9.17) is 0 Å². The summed E-state index contributed by atoms with van der Waals surface area (Å²) in [5, 5.41) is -1.25. The summed E-state index contributed by atoms with van der Waals surface area (Å²) < 4.78 is 92.7. The number of rotatable bonds is 4. The predicted octanol–water partition coefficient (Wildman–Crippen LogP) is 4.43. The van der Waals surface area contributed by atoms with E-state index in [2.05, 4.69) is 0 Å². The van der Waals surface area contributed by atoms with Gasteiger partial charge in [0.15, 0.2) is 23.3 Å². The van der Waals surface area contributed by atoms with Crippen molar-refractivity contribution in [2.45, 2.75) is 32.0 Å². The molecule has 0 N–H and O–H groups in total. The lowest BCUT2D eigenvalue weighted by Gasteiger charge is -2.29. The van der Waals surface area contributed by atoms with E-state index in [1.807, 2.05) is 0 Å². The van der Waals surface area contributed by atoms with Crippen molar-refractivity contribution in [3.8, 4) is 0 Å². The first-order valence-electron chi connectivity index (χ1n) is 6.19. The van der Waals surface area contributed by atoms with E-state index in [1.54, 1.807) is 13.8 Å². The van der Waals surface area contributed by atoms with Gasteiger partial charge in [-0.3, -0.25) is 0 Å². The molecule has 8 heteroatoms. The highest BCUT2D eigenvalue weighted by molar-refractivity contribution is 6.16. The van der Waals surface area contributed by atoms with Gasteiger partial charge in [0.2, 0.25) is 5.83 Å². The van der Waals surface area contributed by atoms with E-state index < -0.39 is 51.6 Å². The Morgan fingerprint density at radius 2 is 1.24 bits per heavy atom. The molecule has 0 spiro atoms. The van der Waals surface area contributed by atoms with E-state index in [0.717, 1.165) is 0 Å². The zero-order valence-corrected chi connectivity index (χ0v) is 11.6. The normalized spacial score (nSPS) is 11.7. The Morgan fingerprint density at radius 1 is 0.857 bits per heavy atom. The van der Waals surface area contributed by atoms with Gasteiger partial charge in [-0.15, -0.1) is 0 Å². The van der Waals surface area contributed by atoms with Gasteiger partial charge in [0, 0.05) is 5.56 Å². The lowest BCUT2D eigenvalue weighted by atomic mass is 9.60. The third kappa shape index (κ3) is 2.80. The summed E-state index contributed by atoms with van der Waals surface area (Å²) in [6.45, 7) is 3.10. The van der Waals surface area contributed by atoms with Crippen molar-refractivity contribution in [3.05, 3.63) is 40.5 Å². The molecule has 0 aliphatic carbocycles. The molecule has 1 aromatic rings. The van der Waals surface area contributed by atoms with Gasteiger partial charge in [0.1, 0.15) is 7.85 Å². The Hall–Kier alpha value is -1.47. The van der Waals surface area contributed by atoms with Crippen LogP contribution in [0, 0.1) is 23.3 Å². The van der Waals surface area contributed by atoms with Crippen molar-refractivity contribution < 1.29 is 30.7 Å². The van der Waals surface area contributed by atoms with Gasteiger partial charge in [0.25, 0.3) is 0 Å². The molecule has 0 aliphatic rings. The standard InChI is InChI=1S/C13H12BF7/c1-3-13(14,4-2)6-10(18)7(15)5(8(16)11(6)19)9(17)12(20)21/h3-4,14H2,1-2H3. The zero-order chi connectivity index (χ0) is 16.5. The molecule has 0 unspecified atom stereocenters. The Labute approximate surface area is 118 Å². The van der Waals surface area contributed by atoms with Crippen LogP contribution in [0.3, 0.4) is 0 Å². The third-order valence-electron chi connectivity index (χ3n) is 3.81. The van der Waals surface area contributed by atoms with Crippen LogP contribution in [-0.4, -0.2) is 7.85 Å². The van der Waals surface area contributed by atoms with Gasteiger partial charge in [-0.1, -0.05) is 26.7 Å². The summed E-state index contributed by atoms with van der Waals surface area (Å²) in [4.78, 5) is 0. The molecule has 0 saturated heterocycles. The van der Waals surface area contributed by atoms with Gasteiger partial charge >= 0.3 is 6.08 Å². The lowest BCUT2D eigenvalue weighted by Crippen LogP contribution is -2.29. The molecule has 0 radical (unpaired) electrons. The first-order valence-corrected chi connectivity index (χ1v) is 6.19. The van der Waals surface area contributed by atoms with E-state index in [0.29, 0.717) is 0 Å². The van der Waals surface area contributed by atoms with E-state index in [-0.39, 0.29) is 12.8 Å². The van der Waals surface area contributed by atoms with Crippen molar-refractivity contribution in [2.24, 2.45) is 0 Å². The summed E-state index contributed by atoms with van der Waals surface area (Å²) in [5.41, 5.74) is -2.93. The number of hydrogen-bond acceptors (Lipinski definition) is 0. The van der Waals surface area contributed by atoms with Crippen LogP contribution in [0.1, 0.15) is 37.8 Å². The van der Waals surface area contributed by atoms with Crippen molar-refractivity contribution >= 4 is 13.7 Å². The molecule has 0 heterocycles. The van der Waals surface area contributed by atoms with Crippen LogP contribution in [-0.2, 0) is 5.31 Å². The van der Waals surface area contributed by atoms with Gasteiger partial charge in [-0.2, -0.15) is 8.78 Å². The van der Waals surface area contributed by atoms with Gasteiger partial charge in [0.05, 0.1) is 5.56 Å². The molecule has 1 rings (SSSR count). The molecule has 1 aromatic carbocycles. The van der Waals surface area contributed by atoms with Gasteiger partial charge in [-0.25, -0.2) is 22.0 Å². The fourth-order valence-electron chi connectivity index (χ4n) is 2.05. The smallest absolute Gasteiger partial charge is 0.203 e. The molecule has 0 aliphatic heterocycles. The molecule has 21 heavy (non-hydrogen) atoms. The number of hydrogen-bond donors (Lipinski definition) is 0. The summed E-state index contributed by atoms with van der Waals surface area (Å²) >= 11 is 0. The van der Waals surface area contributed by atoms with Crippen LogP contribution >= 0.6 is 0 Å². The minimum Gasteiger partial charge on any atom is -0.203 e. The summed E-state index contributed by atoms with van der Waals surface area (Å²) in [6, 6.07) is 0. The van der Waals surface area contributed by atoms with Crippen LogP contribution in [0.25, 0.3) is 5.83 Å². The molecule has 0 nitrogen and oxygen atoms in total. The molecule has 0 atom stereocenters. The molecule has 0 amide bonds. The van der Waals surface area contributed by atoms with E-state index in [1.165, 1.54) is 7.85 Å². The minimum absolute atomic E-state index is 0.144. The quantitative estimate of drug-likeness (QED) is 0.438. The van der Waals surface area contributed by atoms with Crippen molar-refractivity contribution in [3.63, 3.8) is 0 Å². The van der Waals surface area contributed by atoms with Crippen molar-refractivity contribution in [1.29, 1.82) is 0 Å². The van der Waals surface area contributed by atoms with Crippen molar-refractivity contribution in [2.75, 3.05) is 0 Å². The Morgan fingerprint density at radius 3 is 1.52 bits per heavy atom. The topological polar surface area (TPSA) is 0 Å². The van der Waals surface area contributed by atoms with Crippen LogP contribution in [0.4, 0.5) is 30.7 Å². The molecule has 0 saturated carbocycles. The van der Waals surface area contributed by atoms with Crippen LogP contribution in [0.5, 0.6) is 0 Å². The molecule has 116 valence electrons. The average Bonchev–Trinajstić information content (AvgIpc) is 2.45. The summed E-state index contributed by atoms with van der Waals surface area (Å²) in [6.07, 6.45) is -2.77. The maximum Gasteiger partial charge on any atom is 0.306 e. The fraction of sp³-hybridized carbons (Fsp3) is 0.385. The monoisotopic (exact) mass is 312 g/mol. The summed E-state index contributed by atoms with van der Waals surface area (Å²) in [7, 11) is 1.37. The molecule has 0 fully saturated rings. The maximum atomic E-state index is 14.0. The minimum atomic E-state index is -3.06. The summed E-state index contributed by atoms with van der Waals surface area (Å²) in [5.74, 6) is -10.7. The van der Waals surface area contributed by atoms with Crippen LogP contribution in [0.15, 0.2) is 6.08 Å². The SMILES string of the molecule is BC(CC)(CC)c1c(F)c(F)c(C(F)=C(F)F)c(F)c1F. The van der Waals surface area contributed by atoms with Gasteiger partial charge < -0.3 is 0 Å².